The smallest absolute Gasteiger partial charge is 0.270 e. The molecular weight excluding hydrogens is 354 g/mol. The minimum Gasteiger partial charge on any atom is -0.497 e. The number of hydrogen-bond acceptors (Lipinski definition) is 5. The highest BCUT2D eigenvalue weighted by Gasteiger charge is 2.33. The summed E-state index contributed by atoms with van der Waals surface area (Å²) in [5.41, 5.74) is 1.63. The van der Waals surface area contributed by atoms with Crippen molar-refractivity contribution in [3.8, 4) is 11.5 Å². The van der Waals surface area contributed by atoms with E-state index in [4.69, 9.17) is 21.7 Å². The van der Waals surface area contributed by atoms with Gasteiger partial charge in [0.15, 0.2) is 4.32 Å². The Morgan fingerprint density at radius 3 is 2.60 bits per heavy atom. The lowest BCUT2D eigenvalue weighted by molar-refractivity contribution is -0.113. The predicted molar refractivity (Wildman–Crippen MR) is 106 cm³/mol. The van der Waals surface area contributed by atoms with Crippen molar-refractivity contribution < 1.29 is 14.3 Å². The number of carbonyl (C=O) groups excluding carboxylic acids is 1. The van der Waals surface area contributed by atoms with Crippen molar-refractivity contribution in [3.05, 3.63) is 59.0 Å². The van der Waals surface area contributed by atoms with Gasteiger partial charge in [-0.05, 0) is 55.0 Å². The van der Waals surface area contributed by atoms with Crippen LogP contribution in [0.3, 0.4) is 0 Å². The summed E-state index contributed by atoms with van der Waals surface area (Å²) in [6.45, 7) is 2.53. The fourth-order valence-electron chi connectivity index (χ4n) is 2.43. The van der Waals surface area contributed by atoms with Gasteiger partial charge in [-0.1, -0.05) is 36.1 Å². The van der Waals surface area contributed by atoms with Crippen molar-refractivity contribution in [1.82, 2.24) is 0 Å². The maximum Gasteiger partial charge on any atom is 0.270 e. The molecule has 0 bridgehead atoms. The van der Waals surface area contributed by atoms with Gasteiger partial charge in [-0.25, -0.2) is 0 Å². The second-order valence-corrected chi connectivity index (χ2v) is 6.90. The molecule has 1 saturated heterocycles. The topological polar surface area (TPSA) is 38.8 Å². The van der Waals surface area contributed by atoms with Gasteiger partial charge in [0.1, 0.15) is 11.5 Å². The summed E-state index contributed by atoms with van der Waals surface area (Å²) in [6.07, 6.45) is 1.83. The number of hydrogen-bond donors (Lipinski definition) is 0. The van der Waals surface area contributed by atoms with Gasteiger partial charge < -0.3 is 9.47 Å². The number of carbonyl (C=O) groups is 1. The van der Waals surface area contributed by atoms with Crippen LogP contribution in [0.5, 0.6) is 11.5 Å². The first kappa shape index (κ1) is 17.5. The van der Waals surface area contributed by atoms with Crippen molar-refractivity contribution in [3.63, 3.8) is 0 Å². The van der Waals surface area contributed by atoms with Gasteiger partial charge in [0, 0.05) is 0 Å². The van der Waals surface area contributed by atoms with Crippen molar-refractivity contribution in [2.24, 2.45) is 0 Å². The zero-order chi connectivity index (χ0) is 17.8. The summed E-state index contributed by atoms with van der Waals surface area (Å²) in [5, 5.41) is 0. The largest absolute Gasteiger partial charge is 0.497 e. The summed E-state index contributed by atoms with van der Waals surface area (Å²) in [7, 11) is 1.62. The second-order valence-electron chi connectivity index (χ2n) is 5.22. The van der Waals surface area contributed by atoms with Crippen molar-refractivity contribution in [2.75, 3.05) is 18.6 Å². The average molecular weight is 371 g/mol. The van der Waals surface area contributed by atoms with E-state index >= 15 is 0 Å². The van der Waals surface area contributed by atoms with Crippen molar-refractivity contribution in [2.45, 2.75) is 6.92 Å². The van der Waals surface area contributed by atoms with E-state index in [0.717, 1.165) is 22.7 Å². The third kappa shape index (κ3) is 3.86. The minimum atomic E-state index is -0.123. The number of thiocarbonyl (C=S) groups is 1. The molecule has 4 nitrogen and oxygen atoms in total. The normalized spacial score (nSPS) is 15.8. The zero-order valence-corrected chi connectivity index (χ0v) is 15.5. The molecule has 2 aromatic carbocycles. The highest BCUT2D eigenvalue weighted by Crippen LogP contribution is 2.36. The number of rotatable bonds is 5. The highest BCUT2D eigenvalue weighted by molar-refractivity contribution is 8.27. The van der Waals surface area contributed by atoms with E-state index in [0.29, 0.717) is 15.8 Å². The maximum atomic E-state index is 12.8. The van der Waals surface area contributed by atoms with Crippen LogP contribution in [0.1, 0.15) is 12.5 Å². The van der Waals surface area contributed by atoms with E-state index in [2.05, 4.69) is 0 Å². The SMILES string of the molecule is CCOc1ccc(N2C(=O)/C(=C/c3cccc(OC)c3)SC2=S)cc1. The molecule has 0 atom stereocenters. The van der Waals surface area contributed by atoms with Gasteiger partial charge in [-0.15, -0.1) is 0 Å². The second kappa shape index (κ2) is 7.72. The standard InChI is InChI=1S/C19H17NO3S2/c1-3-23-15-9-7-14(8-10-15)20-18(21)17(25-19(20)24)12-13-5-4-6-16(11-13)22-2/h4-12H,3H2,1-2H3/b17-12-. The molecule has 3 rings (SSSR count). The molecule has 128 valence electrons. The van der Waals surface area contributed by atoms with Gasteiger partial charge >= 0.3 is 0 Å². The van der Waals surface area contributed by atoms with Gasteiger partial charge in [0.2, 0.25) is 0 Å². The monoisotopic (exact) mass is 371 g/mol. The van der Waals surface area contributed by atoms with Crippen LogP contribution in [-0.4, -0.2) is 23.9 Å². The first-order chi connectivity index (χ1) is 12.1. The third-order valence-electron chi connectivity index (χ3n) is 3.59. The van der Waals surface area contributed by atoms with Crippen LogP contribution in [0.4, 0.5) is 5.69 Å². The lowest BCUT2D eigenvalue weighted by Crippen LogP contribution is -2.27. The molecule has 0 spiro atoms. The number of anilines is 1. The van der Waals surface area contributed by atoms with E-state index in [9.17, 15) is 4.79 Å². The van der Waals surface area contributed by atoms with Crippen LogP contribution in [0.15, 0.2) is 53.4 Å². The molecule has 0 unspecified atom stereocenters. The van der Waals surface area contributed by atoms with Gasteiger partial charge in [-0.2, -0.15) is 0 Å². The Bertz CT molecular complexity index is 831. The van der Waals surface area contributed by atoms with E-state index in [1.165, 1.54) is 11.8 Å². The Kier molecular flexibility index (Phi) is 5.40. The number of benzene rings is 2. The van der Waals surface area contributed by atoms with Crippen LogP contribution < -0.4 is 14.4 Å². The molecule has 0 N–H and O–H groups in total. The lowest BCUT2D eigenvalue weighted by atomic mass is 10.2. The molecule has 1 aliphatic heterocycles. The van der Waals surface area contributed by atoms with E-state index < -0.39 is 0 Å². The summed E-state index contributed by atoms with van der Waals surface area (Å²) in [6, 6.07) is 14.9. The number of thioether (sulfide) groups is 1. The Morgan fingerprint density at radius 2 is 1.92 bits per heavy atom. The van der Waals surface area contributed by atoms with E-state index in [1.807, 2.05) is 61.5 Å². The van der Waals surface area contributed by atoms with Crippen LogP contribution in [0.2, 0.25) is 0 Å². The molecule has 25 heavy (non-hydrogen) atoms. The Hall–Kier alpha value is -2.31. The van der Waals surface area contributed by atoms with Crippen molar-refractivity contribution in [1.29, 1.82) is 0 Å². The molecule has 0 saturated carbocycles. The molecule has 0 radical (unpaired) electrons. The van der Waals surface area contributed by atoms with Gasteiger partial charge in [-0.3, -0.25) is 9.69 Å². The molecule has 0 aliphatic carbocycles. The Labute approximate surface area is 156 Å². The number of nitrogens with zero attached hydrogens (tertiary/aromatic N) is 1. The van der Waals surface area contributed by atoms with Crippen LogP contribution >= 0.6 is 24.0 Å². The average Bonchev–Trinajstić information content (AvgIpc) is 2.90. The number of ether oxygens (including phenoxy) is 2. The number of methoxy groups -OCH3 is 1. The summed E-state index contributed by atoms with van der Waals surface area (Å²) in [4.78, 5) is 14.9. The number of amides is 1. The summed E-state index contributed by atoms with van der Waals surface area (Å²) in [5.74, 6) is 1.39. The first-order valence-electron chi connectivity index (χ1n) is 7.77. The molecular formula is C19H17NO3S2. The van der Waals surface area contributed by atoms with E-state index in [-0.39, 0.29) is 5.91 Å². The molecule has 1 heterocycles. The van der Waals surface area contributed by atoms with Gasteiger partial charge in [0.05, 0.1) is 24.3 Å². The van der Waals surface area contributed by atoms with E-state index in [1.54, 1.807) is 12.0 Å². The predicted octanol–water partition coefficient (Wildman–Crippen LogP) is 4.50. The Balaban J connectivity index is 1.85. The Morgan fingerprint density at radius 1 is 1.16 bits per heavy atom. The first-order valence-corrected chi connectivity index (χ1v) is 8.99. The lowest BCUT2D eigenvalue weighted by Gasteiger charge is -2.15. The highest BCUT2D eigenvalue weighted by atomic mass is 32.2. The zero-order valence-electron chi connectivity index (χ0n) is 13.9. The molecule has 1 amide bonds. The maximum absolute atomic E-state index is 12.8. The fourth-order valence-corrected chi connectivity index (χ4v) is 3.73. The molecule has 1 aliphatic rings. The third-order valence-corrected chi connectivity index (χ3v) is 4.89. The molecule has 2 aromatic rings. The minimum absolute atomic E-state index is 0.123. The van der Waals surface area contributed by atoms with Crippen LogP contribution in [0, 0.1) is 0 Å². The summed E-state index contributed by atoms with van der Waals surface area (Å²) < 4.78 is 11.2. The van der Waals surface area contributed by atoms with Crippen LogP contribution in [0.25, 0.3) is 6.08 Å². The quantitative estimate of drug-likeness (QED) is 0.572. The summed E-state index contributed by atoms with van der Waals surface area (Å²) >= 11 is 6.69. The van der Waals surface area contributed by atoms with Crippen molar-refractivity contribution >= 4 is 46.0 Å². The molecule has 1 fully saturated rings. The molecule has 0 aromatic heterocycles. The molecule has 6 heteroatoms. The van der Waals surface area contributed by atoms with Gasteiger partial charge in [0.25, 0.3) is 5.91 Å². The fraction of sp³-hybridized carbons (Fsp3) is 0.158. The van der Waals surface area contributed by atoms with Crippen LogP contribution in [-0.2, 0) is 4.79 Å².